The van der Waals surface area contributed by atoms with Crippen LogP contribution in [0.3, 0.4) is 0 Å². The van der Waals surface area contributed by atoms with E-state index in [4.69, 9.17) is 0 Å². The van der Waals surface area contributed by atoms with Crippen LogP contribution in [0.25, 0.3) is 0 Å². The third-order valence-corrected chi connectivity index (χ3v) is 4.90. The minimum absolute atomic E-state index is 0.0836. The predicted molar refractivity (Wildman–Crippen MR) is 95.4 cm³/mol. The minimum Gasteiger partial charge on any atom is -0.333 e. The van der Waals surface area contributed by atoms with E-state index in [1.165, 1.54) is 4.90 Å². The lowest BCUT2D eigenvalue weighted by Crippen LogP contribution is -2.51. The van der Waals surface area contributed by atoms with Crippen LogP contribution in [0.2, 0.25) is 0 Å². The monoisotopic (exact) mass is 408 g/mol. The van der Waals surface area contributed by atoms with Crippen molar-refractivity contribution in [1.29, 1.82) is 0 Å². The lowest BCUT2D eigenvalue weighted by atomic mass is 10.0. The Hall–Kier alpha value is -3.24. The van der Waals surface area contributed by atoms with Gasteiger partial charge in [-0.3, -0.25) is 9.78 Å². The van der Waals surface area contributed by atoms with Gasteiger partial charge in [0.1, 0.15) is 5.82 Å². The van der Waals surface area contributed by atoms with Gasteiger partial charge in [0.2, 0.25) is 0 Å². The molecule has 0 bridgehead atoms. The Morgan fingerprint density at radius 2 is 2.03 bits per heavy atom. The van der Waals surface area contributed by atoms with Crippen molar-refractivity contribution in [3.8, 4) is 0 Å². The number of halogens is 4. The number of hydrogen-bond acceptors (Lipinski definition) is 6. The fraction of sp³-hybridized carbons (Fsp3) is 0.333. The molecule has 0 radical (unpaired) electrons. The lowest BCUT2D eigenvalue weighted by molar-refractivity contribution is -0.140. The average Bonchev–Trinajstić information content (AvgIpc) is 3.02. The molecule has 152 valence electrons. The fourth-order valence-corrected chi connectivity index (χ4v) is 3.60. The molecule has 1 fully saturated rings. The maximum absolute atomic E-state index is 14.4. The molecule has 2 aliphatic rings. The molecule has 1 unspecified atom stereocenters. The first kappa shape index (κ1) is 19.1. The molecular weight excluding hydrogens is 392 g/mol. The van der Waals surface area contributed by atoms with E-state index < -0.39 is 29.0 Å². The zero-order valence-corrected chi connectivity index (χ0v) is 15.3. The van der Waals surface area contributed by atoms with Crippen molar-refractivity contribution in [1.82, 2.24) is 20.0 Å². The maximum atomic E-state index is 14.4. The molecule has 7 nitrogen and oxygen atoms in total. The number of likely N-dealkylation sites (tertiary alicyclic amines) is 1. The van der Waals surface area contributed by atoms with Gasteiger partial charge in [-0.25, -0.2) is 19.5 Å². The molecule has 3 heterocycles. The second-order valence-electron chi connectivity index (χ2n) is 6.69. The van der Waals surface area contributed by atoms with E-state index in [1.54, 1.807) is 30.8 Å². The first-order valence-corrected chi connectivity index (χ1v) is 8.78. The molecule has 0 N–H and O–H groups in total. The zero-order chi connectivity index (χ0) is 20.8. The third kappa shape index (κ3) is 3.36. The quantitative estimate of drug-likeness (QED) is 0.715. The van der Waals surface area contributed by atoms with E-state index in [2.05, 4.69) is 15.1 Å². The minimum atomic E-state index is -4.87. The molecule has 2 aliphatic heterocycles. The van der Waals surface area contributed by atoms with Crippen LogP contribution < -0.4 is 5.01 Å². The van der Waals surface area contributed by atoms with Crippen LogP contribution in [0, 0.1) is 5.82 Å². The van der Waals surface area contributed by atoms with Gasteiger partial charge in [-0.2, -0.15) is 18.3 Å². The zero-order valence-electron chi connectivity index (χ0n) is 15.3. The Balaban J connectivity index is 1.56. The highest BCUT2D eigenvalue weighted by Gasteiger charge is 2.41. The first-order valence-electron chi connectivity index (χ1n) is 8.78. The van der Waals surface area contributed by atoms with E-state index in [9.17, 15) is 22.4 Å². The number of carbonyl (C=O) groups excluding carboxylic acids is 1. The van der Waals surface area contributed by atoms with Gasteiger partial charge in [0.25, 0.3) is 5.91 Å². The van der Waals surface area contributed by atoms with Gasteiger partial charge in [0.15, 0.2) is 5.82 Å². The van der Waals surface area contributed by atoms with Gasteiger partial charge < -0.3 is 4.90 Å². The number of amides is 1. The van der Waals surface area contributed by atoms with E-state index >= 15 is 0 Å². The van der Waals surface area contributed by atoms with Crippen molar-refractivity contribution < 1.29 is 22.4 Å². The largest absolute Gasteiger partial charge is 0.419 e. The molecule has 11 heteroatoms. The molecule has 1 aromatic carbocycles. The Morgan fingerprint density at radius 1 is 1.24 bits per heavy atom. The van der Waals surface area contributed by atoms with Crippen LogP contribution in [0.4, 0.5) is 23.4 Å². The summed E-state index contributed by atoms with van der Waals surface area (Å²) in [7, 11) is 1.72. The number of carbonyl (C=O) groups is 1. The van der Waals surface area contributed by atoms with Crippen LogP contribution in [0.1, 0.15) is 22.3 Å². The number of hydrazone groups is 1. The van der Waals surface area contributed by atoms with Crippen molar-refractivity contribution in [3.63, 3.8) is 0 Å². The topological polar surface area (TPSA) is 64.9 Å². The van der Waals surface area contributed by atoms with Gasteiger partial charge in [-0.1, -0.05) is 6.07 Å². The molecule has 1 aromatic heterocycles. The number of benzene rings is 1. The Labute approximate surface area is 163 Å². The number of aromatic nitrogens is 2. The Bertz CT molecular complexity index is 965. The molecule has 1 atom stereocenters. The summed E-state index contributed by atoms with van der Waals surface area (Å²) in [5, 5.41) is 7.83. The van der Waals surface area contributed by atoms with E-state index in [1.807, 2.05) is 5.01 Å². The standard InChI is InChI=1S/C18H16F4N6O/c1-26-25-13-10-27(8-5-14(13)28(26)15-9-23-6-7-24-15)17(29)11-3-2-4-12(16(11)19)18(20,21)22/h2-4,6-7,9,14H,5,8,10H2,1H3. The summed E-state index contributed by atoms with van der Waals surface area (Å²) in [6.07, 6.45) is 0.280. The van der Waals surface area contributed by atoms with E-state index in [-0.39, 0.29) is 19.1 Å². The van der Waals surface area contributed by atoms with Gasteiger partial charge in [-0.05, 0) is 18.6 Å². The third-order valence-electron chi connectivity index (χ3n) is 4.90. The number of hydrazine groups is 1. The highest BCUT2D eigenvalue weighted by atomic mass is 19.4. The molecule has 29 heavy (non-hydrogen) atoms. The van der Waals surface area contributed by atoms with Gasteiger partial charge in [0, 0.05) is 26.0 Å². The predicted octanol–water partition coefficient (Wildman–Crippen LogP) is 2.57. The second kappa shape index (κ2) is 6.98. The summed E-state index contributed by atoms with van der Waals surface area (Å²) in [5.74, 6) is -1.77. The number of nitrogens with zero attached hydrogens (tertiary/aromatic N) is 6. The van der Waals surface area contributed by atoms with Gasteiger partial charge >= 0.3 is 6.18 Å². The fourth-order valence-electron chi connectivity index (χ4n) is 3.60. The van der Waals surface area contributed by atoms with E-state index in [0.29, 0.717) is 24.0 Å². The van der Waals surface area contributed by atoms with Crippen molar-refractivity contribution in [2.75, 3.05) is 25.1 Å². The Morgan fingerprint density at radius 3 is 2.72 bits per heavy atom. The van der Waals surface area contributed by atoms with Crippen molar-refractivity contribution in [2.45, 2.75) is 18.6 Å². The summed E-state index contributed by atoms with van der Waals surface area (Å²) in [5.41, 5.74) is -1.41. The summed E-state index contributed by atoms with van der Waals surface area (Å²) in [6.45, 7) is 0.323. The smallest absolute Gasteiger partial charge is 0.333 e. The normalized spacial score (nSPS) is 19.3. The average molecular weight is 408 g/mol. The highest BCUT2D eigenvalue weighted by molar-refractivity contribution is 6.02. The number of hydrogen-bond donors (Lipinski definition) is 0. The SMILES string of the molecule is CN1N=C2CN(C(=O)c3cccc(C(F)(F)F)c3F)CCC2N1c1cnccn1. The van der Waals surface area contributed by atoms with E-state index in [0.717, 1.165) is 12.1 Å². The summed E-state index contributed by atoms with van der Waals surface area (Å²) in [4.78, 5) is 22.3. The first-order chi connectivity index (χ1) is 13.8. The molecular formula is C18H16F4N6O. The Kier molecular flexibility index (Phi) is 4.59. The van der Waals surface area contributed by atoms with Crippen LogP contribution in [0.15, 0.2) is 41.9 Å². The molecule has 0 saturated carbocycles. The molecule has 2 aromatic rings. The molecule has 4 rings (SSSR count). The summed E-state index contributed by atoms with van der Waals surface area (Å²) < 4.78 is 53.2. The van der Waals surface area contributed by atoms with Crippen molar-refractivity contribution >= 4 is 17.4 Å². The number of alkyl halides is 3. The van der Waals surface area contributed by atoms with Crippen molar-refractivity contribution in [2.24, 2.45) is 5.10 Å². The lowest BCUT2D eigenvalue weighted by Gasteiger charge is -2.35. The van der Waals surface area contributed by atoms with Gasteiger partial charge in [0.05, 0.1) is 35.6 Å². The number of piperidine rings is 1. The number of rotatable bonds is 2. The highest BCUT2D eigenvalue weighted by Crippen LogP contribution is 2.33. The summed E-state index contributed by atoms with van der Waals surface area (Å²) >= 11 is 0. The maximum Gasteiger partial charge on any atom is 0.419 e. The molecule has 1 saturated heterocycles. The van der Waals surface area contributed by atoms with Gasteiger partial charge in [-0.15, -0.1) is 0 Å². The second-order valence-corrected chi connectivity index (χ2v) is 6.69. The van der Waals surface area contributed by atoms with Crippen molar-refractivity contribution in [3.05, 3.63) is 53.7 Å². The number of fused-ring (bicyclic) bond motifs is 1. The van der Waals surface area contributed by atoms with Crippen LogP contribution in [-0.2, 0) is 6.18 Å². The summed E-state index contributed by atoms with van der Waals surface area (Å²) in [6, 6.07) is 2.55. The van der Waals surface area contributed by atoms with Crippen LogP contribution in [0.5, 0.6) is 0 Å². The number of anilines is 1. The molecule has 0 spiro atoms. The molecule has 0 aliphatic carbocycles. The molecule has 1 amide bonds. The van der Waals surface area contributed by atoms with Crippen LogP contribution >= 0.6 is 0 Å². The van der Waals surface area contributed by atoms with Crippen LogP contribution in [-0.4, -0.2) is 57.8 Å².